The van der Waals surface area contributed by atoms with Crippen molar-refractivity contribution >= 4 is 11.5 Å². The summed E-state index contributed by atoms with van der Waals surface area (Å²) < 4.78 is 5.11. The molecule has 94 valence electrons. The minimum Gasteiger partial charge on any atom is -0.394 e. The van der Waals surface area contributed by atoms with Crippen molar-refractivity contribution in [3.05, 3.63) is 28.4 Å². The first-order chi connectivity index (χ1) is 8.15. The Balaban J connectivity index is 2.53. The molecule has 0 unspecified atom stereocenters. The largest absolute Gasteiger partial charge is 0.394 e. The number of anilines is 1. The summed E-state index contributed by atoms with van der Waals surface area (Å²) in [5.74, 6) is -0.175. The van der Waals surface area contributed by atoms with Crippen LogP contribution in [0.1, 0.15) is 0 Å². The number of likely N-dealkylation sites (N-methyl/N-ethyl adjacent to an activating group) is 1. The lowest BCUT2D eigenvalue weighted by Gasteiger charge is -2.18. The van der Waals surface area contributed by atoms with Crippen molar-refractivity contribution in [2.45, 2.75) is 0 Å². The van der Waals surface area contributed by atoms with E-state index in [-0.39, 0.29) is 12.4 Å². The van der Waals surface area contributed by atoms with Gasteiger partial charge in [0, 0.05) is 25.3 Å². The molecule has 0 aliphatic rings. The van der Waals surface area contributed by atoms with Crippen LogP contribution in [-0.4, -0.2) is 48.4 Å². The van der Waals surface area contributed by atoms with Crippen LogP contribution < -0.4 is 4.90 Å². The second-order valence-corrected chi connectivity index (χ2v) is 3.39. The molecule has 0 bridgehead atoms. The summed E-state index contributed by atoms with van der Waals surface area (Å²) in [6, 6.07) is 3.10. The highest BCUT2D eigenvalue weighted by Gasteiger charge is 2.09. The van der Waals surface area contributed by atoms with E-state index in [1.54, 1.807) is 13.1 Å². The number of rotatable bonds is 7. The Morgan fingerprint density at radius 3 is 3.00 bits per heavy atom. The highest BCUT2D eigenvalue weighted by Crippen LogP contribution is 2.16. The summed E-state index contributed by atoms with van der Waals surface area (Å²) in [5.41, 5.74) is 0.708. The maximum atomic E-state index is 10.5. The third-order valence-corrected chi connectivity index (χ3v) is 2.16. The predicted molar refractivity (Wildman–Crippen MR) is 62.1 cm³/mol. The van der Waals surface area contributed by atoms with E-state index in [0.29, 0.717) is 25.4 Å². The molecular formula is C10H15N3O4. The molecule has 1 heterocycles. The number of aliphatic hydroxyl groups excluding tert-OH is 1. The quantitative estimate of drug-likeness (QED) is 0.423. The topological polar surface area (TPSA) is 88.7 Å². The molecule has 0 spiro atoms. The van der Waals surface area contributed by atoms with E-state index in [4.69, 9.17) is 9.84 Å². The van der Waals surface area contributed by atoms with E-state index in [1.807, 2.05) is 4.90 Å². The molecule has 0 radical (unpaired) electrons. The molecule has 0 saturated heterocycles. The molecule has 1 aromatic heterocycles. The number of nitrogens with zero attached hydrogens (tertiary/aromatic N) is 3. The number of hydrogen-bond donors (Lipinski definition) is 1. The van der Waals surface area contributed by atoms with Crippen LogP contribution in [0.4, 0.5) is 11.5 Å². The zero-order chi connectivity index (χ0) is 12.7. The summed E-state index contributed by atoms with van der Waals surface area (Å²) >= 11 is 0. The van der Waals surface area contributed by atoms with Crippen LogP contribution in [0.2, 0.25) is 0 Å². The molecule has 0 saturated carbocycles. The van der Waals surface area contributed by atoms with Crippen LogP contribution in [0.15, 0.2) is 18.3 Å². The molecule has 0 fully saturated rings. The lowest BCUT2D eigenvalue weighted by atomic mass is 10.3. The summed E-state index contributed by atoms with van der Waals surface area (Å²) in [6.07, 6.45) is 1.40. The van der Waals surface area contributed by atoms with Gasteiger partial charge in [-0.2, -0.15) is 0 Å². The van der Waals surface area contributed by atoms with Gasteiger partial charge in [-0.25, -0.2) is 0 Å². The Kier molecular flexibility index (Phi) is 5.31. The van der Waals surface area contributed by atoms with E-state index >= 15 is 0 Å². The predicted octanol–water partition coefficient (Wildman–Crippen LogP) is 0.435. The number of aromatic nitrogens is 1. The van der Waals surface area contributed by atoms with Crippen molar-refractivity contribution in [2.75, 3.05) is 38.3 Å². The number of nitro groups is 1. The van der Waals surface area contributed by atoms with Crippen molar-refractivity contribution in [3.8, 4) is 0 Å². The highest BCUT2D eigenvalue weighted by atomic mass is 16.6. The van der Waals surface area contributed by atoms with Crippen LogP contribution in [0, 0.1) is 10.1 Å². The first-order valence-electron chi connectivity index (χ1n) is 5.15. The van der Waals surface area contributed by atoms with Crippen LogP contribution in [0.3, 0.4) is 0 Å². The second kappa shape index (κ2) is 6.77. The molecular weight excluding hydrogens is 226 g/mol. The first-order valence-corrected chi connectivity index (χ1v) is 5.15. The van der Waals surface area contributed by atoms with Gasteiger partial charge in [0.2, 0.25) is 0 Å². The van der Waals surface area contributed by atoms with E-state index in [2.05, 4.69) is 4.98 Å². The van der Waals surface area contributed by atoms with E-state index in [0.717, 1.165) is 0 Å². The molecule has 0 aromatic carbocycles. The molecule has 0 aliphatic carbocycles. The highest BCUT2D eigenvalue weighted by molar-refractivity contribution is 5.49. The van der Waals surface area contributed by atoms with Crippen molar-refractivity contribution in [3.63, 3.8) is 0 Å². The zero-order valence-corrected chi connectivity index (χ0v) is 9.57. The number of aliphatic hydroxyl groups is 1. The summed E-state index contributed by atoms with van der Waals surface area (Å²) in [6.45, 7) is 1.32. The SMILES string of the molecule is CN(CCOCCO)c1ccnc([N+](=O)[O-])c1. The number of pyridine rings is 1. The monoisotopic (exact) mass is 241 g/mol. The van der Waals surface area contributed by atoms with Crippen molar-refractivity contribution in [1.82, 2.24) is 4.98 Å². The Morgan fingerprint density at radius 2 is 2.35 bits per heavy atom. The van der Waals surface area contributed by atoms with Crippen LogP contribution in [0.5, 0.6) is 0 Å². The molecule has 7 nitrogen and oxygen atoms in total. The second-order valence-electron chi connectivity index (χ2n) is 3.39. The smallest absolute Gasteiger partial charge is 0.365 e. The van der Waals surface area contributed by atoms with Gasteiger partial charge in [-0.1, -0.05) is 0 Å². The van der Waals surface area contributed by atoms with Gasteiger partial charge in [0.1, 0.15) is 6.20 Å². The first kappa shape index (κ1) is 13.3. The van der Waals surface area contributed by atoms with Gasteiger partial charge in [0.25, 0.3) is 0 Å². The normalized spacial score (nSPS) is 10.2. The van der Waals surface area contributed by atoms with E-state index in [9.17, 15) is 10.1 Å². The molecule has 1 N–H and O–H groups in total. The van der Waals surface area contributed by atoms with E-state index in [1.165, 1.54) is 12.3 Å². The zero-order valence-electron chi connectivity index (χ0n) is 9.57. The van der Waals surface area contributed by atoms with Crippen molar-refractivity contribution in [2.24, 2.45) is 0 Å². The van der Waals surface area contributed by atoms with Gasteiger partial charge in [0.15, 0.2) is 0 Å². The average Bonchev–Trinajstić information content (AvgIpc) is 2.34. The molecule has 17 heavy (non-hydrogen) atoms. The minimum absolute atomic E-state index is 0.00948. The third-order valence-electron chi connectivity index (χ3n) is 2.16. The Hall–Kier alpha value is -1.73. The van der Waals surface area contributed by atoms with Crippen LogP contribution in [-0.2, 0) is 4.74 Å². The summed E-state index contributed by atoms with van der Waals surface area (Å²) in [5, 5.41) is 19.1. The molecule has 0 amide bonds. The fourth-order valence-corrected chi connectivity index (χ4v) is 1.24. The molecule has 1 rings (SSSR count). The third kappa shape index (κ3) is 4.33. The Morgan fingerprint density at radius 1 is 1.59 bits per heavy atom. The van der Waals surface area contributed by atoms with E-state index < -0.39 is 4.92 Å². The lowest BCUT2D eigenvalue weighted by molar-refractivity contribution is -0.389. The average molecular weight is 241 g/mol. The molecule has 1 aromatic rings. The van der Waals surface area contributed by atoms with Crippen molar-refractivity contribution < 1.29 is 14.8 Å². The molecule has 7 heteroatoms. The standard InChI is InChI=1S/C10H15N3O4/c1-12(4-6-17-7-5-14)9-2-3-11-10(8-9)13(15)16/h2-3,8,14H,4-7H2,1H3. The van der Waals surface area contributed by atoms with Gasteiger partial charge in [-0.3, -0.25) is 0 Å². The Bertz CT molecular complexity index is 372. The van der Waals surface area contributed by atoms with Crippen LogP contribution in [0.25, 0.3) is 0 Å². The molecule has 0 aliphatic heterocycles. The fraction of sp³-hybridized carbons (Fsp3) is 0.500. The van der Waals surface area contributed by atoms with Gasteiger partial charge >= 0.3 is 5.82 Å². The minimum atomic E-state index is -0.528. The number of ether oxygens (including phenoxy) is 1. The Labute approximate surface area is 98.8 Å². The molecule has 0 atom stereocenters. The van der Waals surface area contributed by atoms with Gasteiger partial charge in [-0.15, -0.1) is 0 Å². The van der Waals surface area contributed by atoms with Crippen molar-refractivity contribution in [1.29, 1.82) is 0 Å². The van der Waals surface area contributed by atoms with Gasteiger partial charge < -0.3 is 24.9 Å². The maximum absolute atomic E-state index is 10.5. The van der Waals surface area contributed by atoms with Gasteiger partial charge in [0.05, 0.1) is 25.9 Å². The summed E-state index contributed by atoms with van der Waals surface area (Å²) in [4.78, 5) is 15.5. The lowest BCUT2D eigenvalue weighted by Crippen LogP contribution is -2.23. The van der Waals surface area contributed by atoms with Crippen LogP contribution >= 0.6 is 0 Å². The number of hydrogen-bond acceptors (Lipinski definition) is 6. The summed E-state index contributed by atoms with van der Waals surface area (Å²) in [7, 11) is 1.81. The fourth-order valence-electron chi connectivity index (χ4n) is 1.24. The van der Waals surface area contributed by atoms with Gasteiger partial charge in [-0.05, 0) is 9.91 Å². The maximum Gasteiger partial charge on any atom is 0.365 e.